The van der Waals surface area contributed by atoms with Gasteiger partial charge in [-0.3, -0.25) is 9.59 Å². The zero-order valence-corrected chi connectivity index (χ0v) is 13.8. The molecule has 0 unspecified atom stereocenters. The molecule has 0 aromatic heterocycles. The summed E-state index contributed by atoms with van der Waals surface area (Å²) in [5.41, 5.74) is 0. The molecule has 3 atom stereocenters. The Morgan fingerprint density at radius 2 is 1.21 bits per heavy atom. The van der Waals surface area contributed by atoms with E-state index < -0.39 is 48.2 Å². The lowest BCUT2D eigenvalue weighted by atomic mass is 10.3. The molecule has 0 bridgehead atoms. The van der Waals surface area contributed by atoms with Gasteiger partial charge in [0.05, 0.1) is 6.42 Å². The van der Waals surface area contributed by atoms with Gasteiger partial charge in [0, 0.05) is 6.92 Å². The highest BCUT2D eigenvalue weighted by Gasteiger charge is 2.28. The molecule has 136 valence electrons. The van der Waals surface area contributed by atoms with Crippen LogP contribution in [0.3, 0.4) is 0 Å². The van der Waals surface area contributed by atoms with Crippen LogP contribution in [0, 0.1) is 0 Å². The van der Waals surface area contributed by atoms with Gasteiger partial charge < -0.3 is 24.1 Å². The summed E-state index contributed by atoms with van der Waals surface area (Å²) < 4.78 is 18.7. The van der Waals surface area contributed by atoms with Crippen molar-refractivity contribution >= 4 is 29.8 Å². The Labute approximate surface area is 138 Å². The number of esters is 4. The molecule has 0 radical (unpaired) electrons. The second-order valence-electron chi connectivity index (χ2n) is 4.72. The summed E-state index contributed by atoms with van der Waals surface area (Å²) >= 11 is 0. The molecule has 0 heterocycles. The van der Waals surface area contributed by atoms with E-state index in [1.807, 2.05) is 0 Å². The Bertz CT molecular complexity index is 498. The van der Waals surface area contributed by atoms with Crippen LogP contribution < -0.4 is 0 Å². The fourth-order valence-corrected chi connectivity index (χ4v) is 1.29. The van der Waals surface area contributed by atoms with Crippen LogP contribution in [0.1, 0.15) is 34.1 Å². The molecule has 1 N–H and O–H groups in total. The molecule has 0 aromatic rings. The molecule has 0 aromatic carbocycles. The topological polar surface area (TPSA) is 143 Å². The molecule has 0 fully saturated rings. The number of carboxylic acid groups (broad SMARTS) is 1. The Morgan fingerprint density at radius 1 is 0.792 bits per heavy atom. The number of ether oxygens (including phenoxy) is 4. The van der Waals surface area contributed by atoms with E-state index >= 15 is 0 Å². The SMILES string of the molecule is CC(=O)O[C@@H](C)C(=O)O[C@@H](C)C(=O)O[C@@H](C)C(=O)OCCC(=O)O. The van der Waals surface area contributed by atoms with Crippen molar-refractivity contribution in [2.24, 2.45) is 0 Å². The molecular formula is C14H20O10. The Morgan fingerprint density at radius 3 is 1.62 bits per heavy atom. The molecule has 0 aliphatic rings. The van der Waals surface area contributed by atoms with Crippen molar-refractivity contribution < 1.29 is 48.0 Å². The van der Waals surface area contributed by atoms with Crippen molar-refractivity contribution in [3.05, 3.63) is 0 Å². The number of rotatable bonds is 9. The third-order valence-corrected chi connectivity index (χ3v) is 2.48. The fraction of sp³-hybridized carbons (Fsp3) is 0.643. The normalized spacial score (nSPS) is 13.8. The maximum absolute atomic E-state index is 11.7. The molecule has 24 heavy (non-hydrogen) atoms. The average Bonchev–Trinajstić information content (AvgIpc) is 2.45. The zero-order chi connectivity index (χ0) is 18.9. The van der Waals surface area contributed by atoms with Gasteiger partial charge in [0.1, 0.15) is 6.61 Å². The molecule has 0 saturated heterocycles. The molecule has 0 spiro atoms. The lowest BCUT2D eigenvalue weighted by Gasteiger charge is -2.18. The van der Waals surface area contributed by atoms with E-state index in [9.17, 15) is 24.0 Å². The molecule has 0 saturated carbocycles. The summed E-state index contributed by atoms with van der Waals surface area (Å²) in [7, 11) is 0. The Kier molecular flexibility index (Phi) is 9.06. The van der Waals surface area contributed by atoms with Gasteiger partial charge in [-0.2, -0.15) is 0 Å². The summed E-state index contributed by atoms with van der Waals surface area (Å²) in [5.74, 6) is -4.73. The summed E-state index contributed by atoms with van der Waals surface area (Å²) in [4.78, 5) is 55.8. The van der Waals surface area contributed by atoms with Crippen molar-refractivity contribution in [3.63, 3.8) is 0 Å². The first-order valence-electron chi connectivity index (χ1n) is 7.01. The highest BCUT2D eigenvalue weighted by Crippen LogP contribution is 2.05. The van der Waals surface area contributed by atoms with Crippen molar-refractivity contribution in [2.75, 3.05) is 6.61 Å². The second kappa shape index (κ2) is 10.2. The van der Waals surface area contributed by atoms with Gasteiger partial charge in [-0.15, -0.1) is 0 Å². The monoisotopic (exact) mass is 348 g/mol. The van der Waals surface area contributed by atoms with Crippen LogP contribution in [-0.4, -0.2) is 59.9 Å². The number of carboxylic acids is 1. The van der Waals surface area contributed by atoms with E-state index in [1.54, 1.807) is 0 Å². The largest absolute Gasteiger partial charge is 0.481 e. The van der Waals surface area contributed by atoms with Crippen LogP contribution >= 0.6 is 0 Å². The van der Waals surface area contributed by atoms with Crippen LogP contribution in [0.2, 0.25) is 0 Å². The first kappa shape index (κ1) is 21.4. The fourth-order valence-electron chi connectivity index (χ4n) is 1.29. The van der Waals surface area contributed by atoms with Gasteiger partial charge >= 0.3 is 29.8 Å². The van der Waals surface area contributed by atoms with Crippen LogP contribution in [0.5, 0.6) is 0 Å². The van der Waals surface area contributed by atoms with Gasteiger partial charge in [0.2, 0.25) is 0 Å². The van der Waals surface area contributed by atoms with Gasteiger partial charge in [0.15, 0.2) is 18.3 Å². The second-order valence-corrected chi connectivity index (χ2v) is 4.72. The predicted molar refractivity (Wildman–Crippen MR) is 75.5 cm³/mol. The van der Waals surface area contributed by atoms with Gasteiger partial charge in [0.25, 0.3) is 0 Å². The van der Waals surface area contributed by atoms with Crippen molar-refractivity contribution in [1.29, 1.82) is 0 Å². The summed E-state index contributed by atoms with van der Waals surface area (Å²) in [6.07, 6.45) is -4.23. The van der Waals surface area contributed by atoms with Gasteiger partial charge in [-0.1, -0.05) is 0 Å². The minimum atomic E-state index is -1.34. The summed E-state index contributed by atoms with van der Waals surface area (Å²) in [6.45, 7) is 4.45. The van der Waals surface area contributed by atoms with E-state index in [0.29, 0.717) is 0 Å². The van der Waals surface area contributed by atoms with E-state index in [4.69, 9.17) is 14.6 Å². The standard InChI is InChI=1S/C14H20O10/c1-7(12(18)21-6-5-11(16)17)23-14(20)9(3)24-13(19)8(2)22-10(4)15/h7-9H,5-6H2,1-4H3,(H,16,17)/t7-,8-,9-/m0/s1. The number of aliphatic carboxylic acids is 1. The van der Waals surface area contributed by atoms with Crippen LogP contribution in [-0.2, 0) is 42.9 Å². The molecule has 10 nitrogen and oxygen atoms in total. The van der Waals surface area contributed by atoms with E-state index in [0.717, 1.165) is 6.92 Å². The molecular weight excluding hydrogens is 328 g/mol. The average molecular weight is 348 g/mol. The maximum atomic E-state index is 11.7. The minimum absolute atomic E-state index is 0.361. The molecule has 0 rings (SSSR count). The number of hydrogen-bond acceptors (Lipinski definition) is 9. The lowest BCUT2D eigenvalue weighted by molar-refractivity contribution is -0.181. The highest BCUT2D eigenvalue weighted by molar-refractivity contribution is 5.84. The Balaban J connectivity index is 4.33. The first-order chi connectivity index (χ1) is 11.0. The van der Waals surface area contributed by atoms with Gasteiger partial charge in [-0.25, -0.2) is 14.4 Å². The number of carbonyl (C=O) groups excluding carboxylic acids is 4. The van der Waals surface area contributed by atoms with Crippen molar-refractivity contribution in [2.45, 2.75) is 52.4 Å². The van der Waals surface area contributed by atoms with Gasteiger partial charge in [-0.05, 0) is 20.8 Å². The molecule has 10 heteroatoms. The van der Waals surface area contributed by atoms with E-state index in [2.05, 4.69) is 9.47 Å². The third-order valence-electron chi connectivity index (χ3n) is 2.48. The van der Waals surface area contributed by atoms with Crippen LogP contribution in [0.4, 0.5) is 0 Å². The molecule has 0 aliphatic carbocycles. The number of carbonyl (C=O) groups is 5. The third kappa shape index (κ3) is 8.71. The quantitative estimate of drug-likeness (QED) is 0.440. The highest BCUT2D eigenvalue weighted by atomic mass is 16.6. The van der Waals surface area contributed by atoms with E-state index in [1.165, 1.54) is 20.8 Å². The smallest absolute Gasteiger partial charge is 0.347 e. The molecule has 0 aliphatic heterocycles. The summed E-state index contributed by atoms with van der Waals surface area (Å²) in [5, 5.41) is 8.41. The van der Waals surface area contributed by atoms with Crippen LogP contribution in [0.25, 0.3) is 0 Å². The van der Waals surface area contributed by atoms with Crippen molar-refractivity contribution in [1.82, 2.24) is 0 Å². The lowest BCUT2D eigenvalue weighted by Crippen LogP contribution is -2.36. The molecule has 0 amide bonds. The minimum Gasteiger partial charge on any atom is -0.481 e. The number of hydrogen-bond donors (Lipinski definition) is 1. The van der Waals surface area contributed by atoms with Crippen LogP contribution in [0.15, 0.2) is 0 Å². The van der Waals surface area contributed by atoms with Crippen molar-refractivity contribution in [3.8, 4) is 0 Å². The Hall–Kier alpha value is -2.65. The zero-order valence-electron chi connectivity index (χ0n) is 13.8. The van der Waals surface area contributed by atoms with E-state index in [-0.39, 0.29) is 13.0 Å². The maximum Gasteiger partial charge on any atom is 0.347 e. The summed E-state index contributed by atoms with van der Waals surface area (Å²) in [6, 6.07) is 0. The predicted octanol–water partition coefficient (Wildman–Crippen LogP) is -0.181. The first-order valence-corrected chi connectivity index (χ1v) is 7.01.